The van der Waals surface area contributed by atoms with Crippen molar-refractivity contribution in [2.45, 2.75) is 92.3 Å². The average Bonchev–Trinajstić information content (AvgIpc) is 2.79. The zero-order chi connectivity index (χ0) is 24.9. The molecule has 186 valence electrons. The van der Waals surface area contributed by atoms with Crippen molar-refractivity contribution in [2.75, 3.05) is 0 Å². The summed E-state index contributed by atoms with van der Waals surface area (Å²) in [5.41, 5.74) is 4.50. The van der Waals surface area contributed by atoms with Gasteiger partial charge in [-0.2, -0.15) is 0 Å². The zero-order valence-electron chi connectivity index (χ0n) is 21.1. The first-order valence-electron chi connectivity index (χ1n) is 12.2. The van der Waals surface area contributed by atoms with Crippen LogP contribution in [0.15, 0.2) is 36.4 Å². The summed E-state index contributed by atoms with van der Waals surface area (Å²) in [5.74, 6) is -1.24. The minimum atomic E-state index is -1.01. The molecule has 0 heterocycles. The van der Waals surface area contributed by atoms with Crippen LogP contribution in [0.2, 0.25) is 0 Å². The van der Waals surface area contributed by atoms with Crippen LogP contribution in [-0.2, 0) is 19.6 Å². The van der Waals surface area contributed by atoms with E-state index in [-0.39, 0.29) is 0 Å². The molecule has 6 nitrogen and oxygen atoms in total. The van der Waals surface area contributed by atoms with Gasteiger partial charge in [-0.1, -0.05) is 80.8 Å². The molecule has 6 heteroatoms. The monoisotopic (exact) mass is 470 g/mol. The van der Waals surface area contributed by atoms with Crippen molar-refractivity contribution in [1.82, 2.24) is 0 Å². The van der Waals surface area contributed by atoms with Gasteiger partial charge in [0, 0.05) is 6.42 Å². The van der Waals surface area contributed by atoms with E-state index < -0.39 is 18.2 Å². The molecule has 0 radical (unpaired) electrons. The summed E-state index contributed by atoms with van der Waals surface area (Å²) in [4.78, 5) is 45.6. The lowest BCUT2D eigenvalue weighted by Crippen LogP contribution is -2.22. The number of carbonyl (C=O) groups is 2. The van der Waals surface area contributed by atoms with Crippen LogP contribution in [0.5, 0.6) is 0 Å². The topological polar surface area (TPSA) is 71.1 Å². The van der Waals surface area contributed by atoms with Gasteiger partial charge in [0.15, 0.2) is 0 Å². The normalized spacial score (nSPS) is 11.0. The molecule has 0 amide bonds. The Morgan fingerprint density at radius 2 is 1.12 bits per heavy atom. The van der Waals surface area contributed by atoms with Crippen LogP contribution in [0.1, 0.15) is 101 Å². The van der Waals surface area contributed by atoms with E-state index in [9.17, 15) is 9.59 Å². The van der Waals surface area contributed by atoms with Crippen molar-refractivity contribution >= 4 is 11.9 Å². The van der Waals surface area contributed by atoms with E-state index in [1.807, 2.05) is 52.0 Å². The summed E-state index contributed by atoms with van der Waals surface area (Å²) in [6, 6.07) is 10.9. The Morgan fingerprint density at radius 3 is 1.56 bits per heavy atom. The lowest BCUT2D eigenvalue weighted by Gasteiger charge is -2.16. The molecule has 0 N–H and O–H groups in total. The van der Waals surface area contributed by atoms with E-state index in [0.29, 0.717) is 17.5 Å². The summed E-state index contributed by atoms with van der Waals surface area (Å²) >= 11 is 0. The van der Waals surface area contributed by atoms with Gasteiger partial charge in [0.2, 0.25) is 6.29 Å². The van der Waals surface area contributed by atoms with Gasteiger partial charge in [-0.3, -0.25) is 9.78 Å². The van der Waals surface area contributed by atoms with Crippen LogP contribution in [0.3, 0.4) is 0 Å². The van der Waals surface area contributed by atoms with E-state index in [1.54, 1.807) is 12.1 Å². The highest BCUT2D eigenvalue weighted by Crippen LogP contribution is 2.17. The minimum Gasteiger partial charge on any atom is -0.290 e. The molecule has 0 saturated heterocycles. The Morgan fingerprint density at radius 1 is 0.676 bits per heavy atom. The molecule has 0 atom stereocenters. The number of carbonyl (C=O) groups excluding carboxylic acids is 2. The number of hydrogen-bond acceptors (Lipinski definition) is 6. The fraction of sp³-hybridized carbons (Fsp3) is 0.500. The van der Waals surface area contributed by atoms with E-state index in [2.05, 4.69) is 6.92 Å². The maximum atomic E-state index is 12.5. The zero-order valence-corrected chi connectivity index (χ0v) is 21.1. The van der Waals surface area contributed by atoms with Crippen LogP contribution in [0.4, 0.5) is 0 Å². The molecule has 0 fully saturated rings. The smallest absolute Gasteiger partial charge is 0.290 e. The van der Waals surface area contributed by atoms with Crippen LogP contribution in [-0.4, -0.2) is 18.2 Å². The predicted octanol–water partition coefficient (Wildman–Crippen LogP) is 7.26. The van der Waals surface area contributed by atoms with Crippen molar-refractivity contribution in [3.8, 4) is 0 Å². The fourth-order valence-corrected chi connectivity index (χ4v) is 3.75. The molecule has 0 bridgehead atoms. The molecule has 2 aromatic rings. The van der Waals surface area contributed by atoms with Gasteiger partial charge in [0.25, 0.3) is 0 Å². The van der Waals surface area contributed by atoms with Gasteiger partial charge in [0.05, 0.1) is 11.1 Å². The standard InChI is InChI=1S/C28H38O6/c1-6-7-8-9-10-11-12-13-26(31-33-27(29)24-16-14-20(2)18-22(24)4)32-34-28(30)25-17-15-21(3)19-23(25)5/h14-19,26H,6-13H2,1-5H3. The van der Waals surface area contributed by atoms with E-state index in [4.69, 9.17) is 19.6 Å². The highest BCUT2D eigenvalue weighted by atomic mass is 17.3. The van der Waals surface area contributed by atoms with Gasteiger partial charge >= 0.3 is 11.9 Å². The van der Waals surface area contributed by atoms with Gasteiger partial charge < -0.3 is 0 Å². The summed E-state index contributed by atoms with van der Waals surface area (Å²) in [6.07, 6.45) is 7.17. The van der Waals surface area contributed by atoms with Crippen LogP contribution in [0, 0.1) is 27.7 Å². The number of aryl methyl sites for hydroxylation is 4. The molecule has 0 aliphatic carbocycles. The molecule has 0 spiro atoms. The minimum absolute atomic E-state index is 0.410. The van der Waals surface area contributed by atoms with Crippen molar-refractivity contribution in [3.63, 3.8) is 0 Å². The van der Waals surface area contributed by atoms with Crippen molar-refractivity contribution in [3.05, 3.63) is 69.8 Å². The molecule has 2 aromatic carbocycles. The first-order chi connectivity index (χ1) is 16.3. The van der Waals surface area contributed by atoms with Crippen molar-refractivity contribution in [1.29, 1.82) is 0 Å². The number of rotatable bonds is 14. The third-order valence-electron chi connectivity index (χ3n) is 5.71. The van der Waals surface area contributed by atoms with Crippen molar-refractivity contribution < 1.29 is 29.1 Å². The predicted molar refractivity (Wildman–Crippen MR) is 131 cm³/mol. The SMILES string of the molecule is CCCCCCCCCC(OOC(=O)c1ccc(C)cc1C)OOC(=O)c1ccc(C)cc1C. The molecular formula is C28H38O6. The summed E-state index contributed by atoms with van der Waals surface area (Å²) in [7, 11) is 0. The first-order valence-corrected chi connectivity index (χ1v) is 12.2. The number of hydrogen-bond donors (Lipinski definition) is 0. The molecule has 2 rings (SSSR count). The molecule has 0 aromatic heterocycles. The highest BCUT2D eigenvalue weighted by molar-refractivity contribution is 5.91. The second kappa shape index (κ2) is 14.5. The lowest BCUT2D eigenvalue weighted by molar-refractivity contribution is -0.421. The first kappa shape index (κ1) is 27.5. The van der Waals surface area contributed by atoms with Gasteiger partial charge in [-0.15, -0.1) is 9.78 Å². The summed E-state index contributed by atoms with van der Waals surface area (Å²) in [6.45, 7) is 9.77. The largest absolute Gasteiger partial charge is 0.373 e. The molecule has 34 heavy (non-hydrogen) atoms. The molecule has 0 aliphatic heterocycles. The fourth-order valence-electron chi connectivity index (χ4n) is 3.75. The van der Waals surface area contributed by atoms with Gasteiger partial charge in [-0.25, -0.2) is 9.59 Å². The Bertz CT molecular complexity index is 869. The number of unbranched alkanes of at least 4 members (excludes halogenated alkanes) is 6. The maximum absolute atomic E-state index is 12.5. The molecule has 0 aliphatic rings. The second-order valence-electron chi connectivity index (χ2n) is 8.91. The number of benzene rings is 2. The Balaban J connectivity index is 1.93. The van der Waals surface area contributed by atoms with E-state index >= 15 is 0 Å². The Labute approximate surface area is 203 Å². The maximum Gasteiger partial charge on any atom is 0.373 e. The third kappa shape index (κ3) is 9.27. The average molecular weight is 471 g/mol. The van der Waals surface area contributed by atoms with Crippen LogP contribution >= 0.6 is 0 Å². The Kier molecular flexibility index (Phi) is 11.8. The highest BCUT2D eigenvalue weighted by Gasteiger charge is 2.21. The molecule has 0 saturated carbocycles. The van der Waals surface area contributed by atoms with E-state index in [0.717, 1.165) is 41.5 Å². The quantitative estimate of drug-likeness (QED) is 0.125. The summed E-state index contributed by atoms with van der Waals surface area (Å²) < 4.78 is 0. The van der Waals surface area contributed by atoms with Crippen LogP contribution < -0.4 is 0 Å². The van der Waals surface area contributed by atoms with Gasteiger partial charge in [0.1, 0.15) is 0 Å². The molecular weight excluding hydrogens is 432 g/mol. The third-order valence-corrected chi connectivity index (χ3v) is 5.71. The van der Waals surface area contributed by atoms with Gasteiger partial charge in [-0.05, 0) is 57.4 Å². The Hall–Kier alpha value is -2.70. The van der Waals surface area contributed by atoms with Crippen LogP contribution in [0.25, 0.3) is 0 Å². The van der Waals surface area contributed by atoms with Crippen molar-refractivity contribution in [2.24, 2.45) is 0 Å². The molecule has 0 unspecified atom stereocenters. The van der Waals surface area contributed by atoms with E-state index in [1.165, 1.54) is 25.7 Å². The lowest BCUT2D eigenvalue weighted by atomic mass is 10.1. The second-order valence-corrected chi connectivity index (χ2v) is 8.91. The summed E-state index contributed by atoms with van der Waals surface area (Å²) in [5, 5.41) is 0.